The second-order valence-corrected chi connectivity index (χ2v) is 4.67. The number of hydrogen-bond donors (Lipinski definition) is 2. The first-order valence-corrected chi connectivity index (χ1v) is 6.28. The summed E-state index contributed by atoms with van der Waals surface area (Å²) in [7, 11) is 1.72. The fourth-order valence-electron chi connectivity index (χ4n) is 2.58. The normalized spacial score (nSPS) is 20.2. The van der Waals surface area contributed by atoms with Gasteiger partial charge in [0.1, 0.15) is 5.75 Å². The van der Waals surface area contributed by atoms with Gasteiger partial charge < -0.3 is 19.8 Å². The van der Waals surface area contributed by atoms with Gasteiger partial charge in [-0.15, -0.1) is 0 Å². The Morgan fingerprint density at radius 3 is 3.00 bits per heavy atom. The van der Waals surface area contributed by atoms with Crippen LogP contribution in [0.4, 0.5) is 0 Å². The maximum atomic E-state index is 5.81. The van der Waals surface area contributed by atoms with Gasteiger partial charge in [0.05, 0.1) is 19.8 Å². The number of morpholine rings is 1. The Kier molecular flexibility index (Phi) is 2.97. The number of H-pyrrole nitrogens is 1. The molecule has 2 heterocycles. The summed E-state index contributed by atoms with van der Waals surface area (Å²) in [6.45, 7) is 4.56. The van der Waals surface area contributed by atoms with Crippen LogP contribution in [0.2, 0.25) is 0 Å². The summed E-state index contributed by atoms with van der Waals surface area (Å²) < 4.78 is 11.4. The number of benzene rings is 1. The third-order valence-corrected chi connectivity index (χ3v) is 3.40. The molecule has 1 atom stereocenters. The Bertz CT molecular complexity index is 556. The van der Waals surface area contributed by atoms with E-state index >= 15 is 0 Å². The lowest BCUT2D eigenvalue weighted by Gasteiger charge is -2.25. The van der Waals surface area contributed by atoms with E-state index in [1.807, 2.05) is 0 Å². The number of fused-ring (bicyclic) bond motifs is 1. The highest BCUT2D eigenvalue weighted by Gasteiger charge is 2.21. The molecule has 2 aromatic rings. The van der Waals surface area contributed by atoms with E-state index in [0.717, 1.165) is 47.6 Å². The number of rotatable bonds is 2. The summed E-state index contributed by atoms with van der Waals surface area (Å²) in [6.07, 6.45) is 0.0771. The van der Waals surface area contributed by atoms with Crippen LogP contribution in [0.25, 0.3) is 10.9 Å². The highest BCUT2D eigenvalue weighted by molar-refractivity contribution is 5.88. The zero-order valence-electron chi connectivity index (χ0n) is 10.7. The molecular weight excluding hydrogens is 228 g/mol. The predicted molar refractivity (Wildman–Crippen MR) is 71.2 cm³/mol. The van der Waals surface area contributed by atoms with Gasteiger partial charge in [-0.1, -0.05) is 6.07 Å². The van der Waals surface area contributed by atoms with Crippen LogP contribution in [0.5, 0.6) is 5.75 Å². The van der Waals surface area contributed by atoms with Crippen molar-refractivity contribution < 1.29 is 9.47 Å². The van der Waals surface area contributed by atoms with E-state index in [-0.39, 0.29) is 6.10 Å². The van der Waals surface area contributed by atoms with Crippen molar-refractivity contribution in [3.63, 3.8) is 0 Å². The molecule has 1 aromatic carbocycles. The quantitative estimate of drug-likeness (QED) is 0.853. The van der Waals surface area contributed by atoms with Gasteiger partial charge in [0, 0.05) is 35.2 Å². The van der Waals surface area contributed by atoms with Gasteiger partial charge in [-0.2, -0.15) is 0 Å². The number of aromatic nitrogens is 1. The van der Waals surface area contributed by atoms with Crippen molar-refractivity contribution in [2.45, 2.75) is 13.0 Å². The smallest absolute Gasteiger partial charge is 0.134 e. The molecule has 1 saturated heterocycles. The monoisotopic (exact) mass is 246 g/mol. The fourth-order valence-corrected chi connectivity index (χ4v) is 2.58. The van der Waals surface area contributed by atoms with Crippen molar-refractivity contribution in [3.05, 3.63) is 29.5 Å². The number of ether oxygens (including phenoxy) is 2. The molecule has 1 unspecified atom stereocenters. The van der Waals surface area contributed by atoms with Crippen LogP contribution < -0.4 is 10.1 Å². The second kappa shape index (κ2) is 4.63. The topological polar surface area (TPSA) is 46.3 Å². The number of nitrogens with one attached hydrogen (secondary N) is 2. The lowest BCUT2D eigenvalue weighted by atomic mass is 10.0. The molecular formula is C14H18N2O2. The minimum absolute atomic E-state index is 0.0771. The summed E-state index contributed by atoms with van der Waals surface area (Å²) in [5.74, 6) is 0.922. The van der Waals surface area contributed by atoms with Crippen molar-refractivity contribution in [2.75, 3.05) is 26.8 Å². The largest absolute Gasteiger partial charge is 0.496 e. The summed E-state index contributed by atoms with van der Waals surface area (Å²) in [4.78, 5) is 3.33. The fraction of sp³-hybridized carbons (Fsp3) is 0.429. The van der Waals surface area contributed by atoms with Gasteiger partial charge >= 0.3 is 0 Å². The number of hydrogen-bond acceptors (Lipinski definition) is 3. The van der Waals surface area contributed by atoms with Crippen molar-refractivity contribution in [1.29, 1.82) is 0 Å². The number of methoxy groups -OCH3 is 1. The third kappa shape index (κ3) is 1.87. The van der Waals surface area contributed by atoms with E-state index in [2.05, 4.69) is 35.4 Å². The van der Waals surface area contributed by atoms with Gasteiger partial charge in [0.2, 0.25) is 0 Å². The molecule has 1 aliphatic heterocycles. The zero-order valence-corrected chi connectivity index (χ0v) is 10.7. The SMILES string of the molecule is COc1c(C2CNCCO2)ccc2[nH]c(C)cc12. The number of aromatic amines is 1. The molecule has 0 radical (unpaired) electrons. The van der Waals surface area contributed by atoms with Gasteiger partial charge in [-0.3, -0.25) is 0 Å². The standard InChI is InChI=1S/C14H18N2O2/c1-9-7-11-12(16-9)4-3-10(14(11)17-2)13-8-15-5-6-18-13/h3-4,7,13,15-16H,5-6,8H2,1-2H3. The van der Waals surface area contributed by atoms with Gasteiger partial charge in [-0.05, 0) is 19.1 Å². The third-order valence-electron chi connectivity index (χ3n) is 3.40. The summed E-state index contributed by atoms with van der Waals surface area (Å²) in [6, 6.07) is 6.31. The predicted octanol–water partition coefficient (Wildman–Crippen LogP) is 2.15. The van der Waals surface area contributed by atoms with Crippen LogP contribution in [-0.2, 0) is 4.74 Å². The van der Waals surface area contributed by atoms with E-state index < -0.39 is 0 Å². The summed E-state index contributed by atoms with van der Waals surface area (Å²) in [5.41, 5.74) is 3.37. The van der Waals surface area contributed by atoms with Crippen LogP contribution in [0.1, 0.15) is 17.4 Å². The molecule has 4 heteroatoms. The van der Waals surface area contributed by atoms with E-state index in [4.69, 9.17) is 9.47 Å². The van der Waals surface area contributed by atoms with Crippen LogP contribution in [0, 0.1) is 6.92 Å². The van der Waals surface area contributed by atoms with E-state index in [0.29, 0.717) is 0 Å². The van der Waals surface area contributed by atoms with Gasteiger partial charge in [0.25, 0.3) is 0 Å². The molecule has 3 rings (SSSR count). The lowest BCUT2D eigenvalue weighted by Crippen LogP contribution is -2.33. The van der Waals surface area contributed by atoms with Crippen molar-refractivity contribution in [2.24, 2.45) is 0 Å². The average Bonchev–Trinajstić information content (AvgIpc) is 2.78. The lowest BCUT2D eigenvalue weighted by molar-refractivity contribution is 0.0264. The number of aryl methyl sites for hydroxylation is 1. The van der Waals surface area contributed by atoms with Crippen LogP contribution in [0.3, 0.4) is 0 Å². The molecule has 1 fully saturated rings. The highest BCUT2D eigenvalue weighted by atomic mass is 16.5. The maximum Gasteiger partial charge on any atom is 0.134 e. The first-order chi connectivity index (χ1) is 8.79. The second-order valence-electron chi connectivity index (χ2n) is 4.67. The Balaban J connectivity index is 2.10. The zero-order chi connectivity index (χ0) is 12.5. The molecule has 18 heavy (non-hydrogen) atoms. The van der Waals surface area contributed by atoms with Gasteiger partial charge in [-0.25, -0.2) is 0 Å². The Labute approximate surface area is 106 Å². The molecule has 0 saturated carbocycles. The molecule has 1 aromatic heterocycles. The highest BCUT2D eigenvalue weighted by Crippen LogP contribution is 2.35. The van der Waals surface area contributed by atoms with Crippen molar-refractivity contribution in [1.82, 2.24) is 10.3 Å². The molecule has 2 N–H and O–H groups in total. The van der Waals surface area contributed by atoms with E-state index in [1.165, 1.54) is 0 Å². The van der Waals surface area contributed by atoms with Crippen molar-refractivity contribution >= 4 is 10.9 Å². The van der Waals surface area contributed by atoms with Crippen LogP contribution in [-0.4, -0.2) is 31.8 Å². The summed E-state index contributed by atoms with van der Waals surface area (Å²) in [5, 5.41) is 4.48. The molecule has 4 nitrogen and oxygen atoms in total. The molecule has 96 valence electrons. The molecule has 0 amide bonds. The Morgan fingerprint density at radius 1 is 1.39 bits per heavy atom. The average molecular weight is 246 g/mol. The van der Waals surface area contributed by atoms with E-state index in [1.54, 1.807) is 7.11 Å². The molecule has 0 bridgehead atoms. The Hall–Kier alpha value is -1.52. The first kappa shape index (κ1) is 11.6. The molecule has 0 spiro atoms. The minimum Gasteiger partial charge on any atom is -0.496 e. The molecule has 1 aliphatic rings. The van der Waals surface area contributed by atoms with Gasteiger partial charge in [0.15, 0.2) is 0 Å². The van der Waals surface area contributed by atoms with E-state index in [9.17, 15) is 0 Å². The van der Waals surface area contributed by atoms with Crippen molar-refractivity contribution in [3.8, 4) is 5.75 Å². The molecule has 0 aliphatic carbocycles. The first-order valence-electron chi connectivity index (χ1n) is 6.28. The Morgan fingerprint density at radius 2 is 2.28 bits per heavy atom. The maximum absolute atomic E-state index is 5.81. The summed E-state index contributed by atoms with van der Waals surface area (Å²) >= 11 is 0. The minimum atomic E-state index is 0.0771. The van der Waals surface area contributed by atoms with Crippen LogP contribution in [0.15, 0.2) is 18.2 Å². The van der Waals surface area contributed by atoms with Crippen LogP contribution >= 0.6 is 0 Å².